The number of ether oxygens (including phenoxy) is 1. The molecule has 27 heavy (non-hydrogen) atoms. The van der Waals surface area contributed by atoms with Crippen LogP contribution in [-0.4, -0.2) is 12.2 Å². The van der Waals surface area contributed by atoms with Crippen LogP contribution in [0.1, 0.15) is 133 Å². The summed E-state index contributed by atoms with van der Waals surface area (Å²) in [5.41, 5.74) is 0.912. The lowest BCUT2D eigenvalue weighted by molar-refractivity contribution is -0.0266. The molecule has 0 heterocycles. The predicted octanol–water partition coefficient (Wildman–Crippen LogP) is 9.05. The quantitative estimate of drug-likeness (QED) is 0.291. The van der Waals surface area contributed by atoms with Gasteiger partial charge >= 0.3 is 0 Å². The highest BCUT2D eigenvalue weighted by Crippen LogP contribution is 2.29. The van der Waals surface area contributed by atoms with Crippen LogP contribution in [0, 0.1) is 22.7 Å². The molecule has 0 saturated heterocycles. The van der Waals surface area contributed by atoms with E-state index < -0.39 is 0 Å². The van der Waals surface area contributed by atoms with E-state index in [1.807, 2.05) is 0 Å². The molecule has 1 heteroatoms. The first-order valence-electron chi connectivity index (χ1n) is 12.0. The van der Waals surface area contributed by atoms with E-state index in [0.717, 1.165) is 24.7 Å². The molecule has 0 bridgehead atoms. The molecule has 0 saturated carbocycles. The molecule has 0 aliphatic heterocycles. The number of hydrogen-bond donors (Lipinski definition) is 0. The Morgan fingerprint density at radius 3 is 1.19 bits per heavy atom. The van der Waals surface area contributed by atoms with E-state index in [1.165, 1.54) is 51.4 Å². The van der Waals surface area contributed by atoms with Crippen LogP contribution in [-0.2, 0) is 4.74 Å². The lowest BCUT2D eigenvalue weighted by Crippen LogP contribution is -2.22. The van der Waals surface area contributed by atoms with Gasteiger partial charge in [-0.05, 0) is 61.2 Å². The molecule has 0 aromatic rings. The summed E-state index contributed by atoms with van der Waals surface area (Å²) in [5, 5.41) is 0. The fourth-order valence-electron chi connectivity index (χ4n) is 4.69. The summed E-state index contributed by atoms with van der Waals surface area (Å²) in [6.45, 7) is 23.6. The fourth-order valence-corrected chi connectivity index (χ4v) is 4.69. The molecule has 0 aliphatic rings. The van der Waals surface area contributed by atoms with Gasteiger partial charge in [-0.1, -0.05) is 94.9 Å². The topological polar surface area (TPSA) is 9.23 Å². The van der Waals surface area contributed by atoms with E-state index in [0.29, 0.717) is 23.0 Å². The number of rotatable bonds is 14. The molecule has 0 spiro atoms. The summed E-state index contributed by atoms with van der Waals surface area (Å²) in [4.78, 5) is 0. The van der Waals surface area contributed by atoms with Crippen molar-refractivity contribution in [2.75, 3.05) is 0 Å². The zero-order valence-corrected chi connectivity index (χ0v) is 20.8. The second kappa shape index (κ2) is 13.2. The van der Waals surface area contributed by atoms with Gasteiger partial charge in [-0.25, -0.2) is 0 Å². The van der Waals surface area contributed by atoms with E-state index in [4.69, 9.17) is 4.74 Å². The largest absolute Gasteiger partial charge is 0.375 e. The molecule has 0 N–H and O–H groups in total. The van der Waals surface area contributed by atoms with Crippen molar-refractivity contribution in [2.24, 2.45) is 22.7 Å². The first kappa shape index (κ1) is 27.0. The Labute approximate surface area is 173 Å². The Kier molecular flexibility index (Phi) is 13.2. The summed E-state index contributed by atoms with van der Waals surface area (Å²) in [7, 11) is 0. The predicted molar refractivity (Wildman–Crippen MR) is 123 cm³/mol. The van der Waals surface area contributed by atoms with Crippen LogP contribution in [0.15, 0.2) is 0 Å². The highest BCUT2D eigenvalue weighted by Gasteiger charge is 2.19. The molecule has 4 atom stereocenters. The van der Waals surface area contributed by atoms with Crippen molar-refractivity contribution < 1.29 is 4.74 Å². The van der Waals surface area contributed by atoms with Crippen LogP contribution >= 0.6 is 0 Å². The van der Waals surface area contributed by atoms with Crippen molar-refractivity contribution in [3.8, 4) is 0 Å². The van der Waals surface area contributed by atoms with Gasteiger partial charge in [-0.2, -0.15) is 0 Å². The van der Waals surface area contributed by atoms with E-state index >= 15 is 0 Å². The zero-order chi connectivity index (χ0) is 21.1. The van der Waals surface area contributed by atoms with Gasteiger partial charge in [0.05, 0.1) is 12.2 Å². The zero-order valence-electron chi connectivity index (χ0n) is 20.8. The number of hydrogen-bond acceptors (Lipinski definition) is 1. The van der Waals surface area contributed by atoms with Gasteiger partial charge in [-0.3, -0.25) is 0 Å². The van der Waals surface area contributed by atoms with E-state index in [1.54, 1.807) is 0 Å². The van der Waals surface area contributed by atoms with Crippen molar-refractivity contribution >= 4 is 0 Å². The van der Waals surface area contributed by atoms with Crippen LogP contribution in [0.5, 0.6) is 0 Å². The first-order chi connectivity index (χ1) is 12.4. The third-order valence-corrected chi connectivity index (χ3v) is 5.66. The minimum absolute atomic E-state index is 0.456. The standard InChI is InChI=1S/C26H54O/c1-11-23(17-13-15-21(3)19-25(5,6)7)27-24(12-2)18-14-16-22(4)20-26(8,9)10/h21-24H,11-20H2,1-10H3. The van der Waals surface area contributed by atoms with Crippen molar-refractivity contribution in [1.82, 2.24) is 0 Å². The Morgan fingerprint density at radius 1 is 0.593 bits per heavy atom. The molecule has 0 fully saturated rings. The lowest BCUT2D eigenvalue weighted by Gasteiger charge is -2.26. The monoisotopic (exact) mass is 382 g/mol. The maximum Gasteiger partial charge on any atom is 0.0576 e. The van der Waals surface area contributed by atoms with Gasteiger partial charge in [-0.15, -0.1) is 0 Å². The third kappa shape index (κ3) is 16.6. The van der Waals surface area contributed by atoms with Gasteiger partial charge in [0.25, 0.3) is 0 Å². The fraction of sp³-hybridized carbons (Fsp3) is 1.00. The van der Waals surface area contributed by atoms with Gasteiger partial charge < -0.3 is 4.74 Å². The van der Waals surface area contributed by atoms with Gasteiger partial charge in [0.2, 0.25) is 0 Å². The highest BCUT2D eigenvalue weighted by atomic mass is 16.5. The second-order valence-corrected chi connectivity index (χ2v) is 11.8. The molecule has 0 aliphatic carbocycles. The van der Waals surface area contributed by atoms with Crippen molar-refractivity contribution in [3.05, 3.63) is 0 Å². The van der Waals surface area contributed by atoms with Crippen molar-refractivity contribution in [3.63, 3.8) is 0 Å². The van der Waals surface area contributed by atoms with Gasteiger partial charge in [0, 0.05) is 0 Å². The summed E-state index contributed by atoms with van der Waals surface area (Å²) >= 11 is 0. The average molecular weight is 383 g/mol. The first-order valence-corrected chi connectivity index (χ1v) is 12.0. The van der Waals surface area contributed by atoms with Crippen molar-refractivity contribution in [2.45, 2.75) is 146 Å². The average Bonchev–Trinajstić information content (AvgIpc) is 2.48. The summed E-state index contributed by atoms with van der Waals surface area (Å²) < 4.78 is 6.51. The maximum absolute atomic E-state index is 6.51. The molecular formula is C26H54O. The smallest absolute Gasteiger partial charge is 0.0576 e. The summed E-state index contributed by atoms with van der Waals surface area (Å²) in [6, 6.07) is 0. The molecule has 0 amide bonds. The SMILES string of the molecule is CCC(CCCC(C)CC(C)(C)C)OC(CC)CCCC(C)CC(C)(C)C. The van der Waals surface area contributed by atoms with Crippen molar-refractivity contribution in [1.29, 1.82) is 0 Å². The van der Waals surface area contributed by atoms with Crippen LogP contribution in [0.4, 0.5) is 0 Å². The summed E-state index contributed by atoms with van der Waals surface area (Å²) in [5.74, 6) is 1.66. The molecule has 4 unspecified atom stereocenters. The molecule has 0 aromatic heterocycles. The van der Waals surface area contributed by atoms with Crippen LogP contribution in [0.25, 0.3) is 0 Å². The van der Waals surface area contributed by atoms with E-state index in [-0.39, 0.29) is 0 Å². The second-order valence-electron chi connectivity index (χ2n) is 11.8. The third-order valence-electron chi connectivity index (χ3n) is 5.66. The van der Waals surface area contributed by atoms with Gasteiger partial charge in [0.1, 0.15) is 0 Å². The molecule has 0 aromatic carbocycles. The molecule has 1 nitrogen and oxygen atoms in total. The maximum atomic E-state index is 6.51. The van der Waals surface area contributed by atoms with E-state index in [9.17, 15) is 0 Å². The van der Waals surface area contributed by atoms with E-state index in [2.05, 4.69) is 69.2 Å². The van der Waals surface area contributed by atoms with Crippen LogP contribution in [0.2, 0.25) is 0 Å². The van der Waals surface area contributed by atoms with Gasteiger partial charge in [0.15, 0.2) is 0 Å². The molecule has 164 valence electrons. The van der Waals surface area contributed by atoms with Crippen LogP contribution in [0.3, 0.4) is 0 Å². The highest BCUT2D eigenvalue weighted by molar-refractivity contribution is 4.70. The molecular weight excluding hydrogens is 328 g/mol. The Balaban J connectivity index is 4.14. The Hall–Kier alpha value is -0.0400. The normalized spacial score (nSPS) is 17.6. The Morgan fingerprint density at radius 2 is 0.926 bits per heavy atom. The van der Waals surface area contributed by atoms with Crippen LogP contribution < -0.4 is 0 Å². The summed E-state index contributed by atoms with van der Waals surface area (Å²) in [6.07, 6.45) is 13.7. The lowest BCUT2D eigenvalue weighted by atomic mass is 9.83. The minimum Gasteiger partial charge on any atom is -0.375 e. The molecule has 0 radical (unpaired) electrons. The minimum atomic E-state index is 0.456. The Bertz CT molecular complexity index is 312. The molecule has 0 rings (SSSR count).